The summed E-state index contributed by atoms with van der Waals surface area (Å²) in [5.74, 6) is -0.568. The van der Waals surface area contributed by atoms with E-state index in [1.165, 1.54) is 10.6 Å². The number of benzene rings is 1. The van der Waals surface area contributed by atoms with Crippen molar-refractivity contribution in [3.05, 3.63) is 67.1 Å². The fourth-order valence-corrected chi connectivity index (χ4v) is 1.97. The van der Waals surface area contributed by atoms with E-state index in [0.29, 0.717) is 11.4 Å². The van der Waals surface area contributed by atoms with E-state index in [4.69, 9.17) is 11.6 Å². The van der Waals surface area contributed by atoms with Gasteiger partial charge in [0.15, 0.2) is 0 Å². The average Bonchev–Trinajstić information content (AvgIpc) is 2.33. The predicted octanol–water partition coefficient (Wildman–Crippen LogP) is 2.30. The lowest BCUT2D eigenvalue weighted by molar-refractivity contribution is -0.387. The highest BCUT2D eigenvalue weighted by molar-refractivity contribution is 6.29. The zero-order valence-corrected chi connectivity index (χ0v) is 11.1. The van der Waals surface area contributed by atoms with Gasteiger partial charge in [0.05, 0.1) is 11.5 Å². The molecule has 104 valence electrons. The third-order valence-corrected chi connectivity index (χ3v) is 2.91. The lowest BCUT2D eigenvalue weighted by Crippen LogP contribution is -2.23. The number of hydrogen-bond acceptors (Lipinski definition) is 4. The highest BCUT2D eigenvalue weighted by Crippen LogP contribution is 2.18. The Balaban J connectivity index is 2.39. The van der Waals surface area contributed by atoms with Gasteiger partial charge in [0.1, 0.15) is 11.0 Å². The molecule has 0 saturated carbocycles. The molecule has 2 aromatic rings. The lowest BCUT2D eigenvalue weighted by atomic mass is 10.2. The summed E-state index contributed by atoms with van der Waals surface area (Å²) >= 11 is 5.65. The Bertz CT molecular complexity index is 745. The summed E-state index contributed by atoms with van der Waals surface area (Å²) < 4.78 is 14.8. The summed E-state index contributed by atoms with van der Waals surface area (Å²) in [6.07, 6.45) is 0. The van der Waals surface area contributed by atoms with Gasteiger partial charge < -0.3 is 0 Å². The first-order chi connectivity index (χ1) is 9.38. The van der Waals surface area contributed by atoms with Gasteiger partial charge in [0.2, 0.25) is 5.82 Å². The quantitative estimate of drug-likeness (QED) is 0.495. The first-order valence-electron chi connectivity index (χ1n) is 5.55. The van der Waals surface area contributed by atoms with Crippen molar-refractivity contribution in [2.45, 2.75) is 13.5 Å². The third-order valence-electron chi connectivity index (χ3n) is 2.72. The Morgan fingerprint density at radius 3 is 2.70 bits per heavy atom. The summed E-state index contributed by atoms with van der Waals surface area (Å²) in [6.45, 7) is 1.65. The topological polar surface area (TPSA) is 78.0 Å². The molecule has 0 bridgehead atoms. The second-order valence-electron chi connectivity index (χ2n) is 4.09. The van der Waals surface area contributed by atoms with Crippen LogP contribution in [-0.2, 0) is 6.54 Å². The summed E-state index contributed by atoms with van der Waals surface area (Å²) in [4.78, 5) is 25.4. The van der Waals surface area contributed by atoms with E-state index in [9.17, 15) is 19.3 Å². The molecule has 0 aliphatic rings. The summed E-state index contributed by atoms with van der Waals surface area (Å²) in [7, 11) is 0. The highest BCUT2D eigenvalue weighted by Gasteiger charge is 2.14. The zero-order valence-electron chi connectivity index (χ0n) is 10.3. The Labute approximate surface area is 117 Å². The molecular formula is C12H9ClFN3O3. The van der Waals surface area contributed by atoms with Crippen molar-refractivity contribution in [1.29, 1.82) is 0 Å². The molecule has 20 heavy (non-hydrogen) atoms. The van der Waals surface area contributed by atoms with Crippen LogP contribution in [0.2, 0.25) is 5.15 Å². The minimum atomic E-state index is -0.944. The first kappa shape index (κ1) is 14.1. The van der Waals surface area contributed by atoms with Crippen LogP contribution in [0.4, 0.5) is 10.1 Å². The number of rotatable bonds is 3. The van der Waals surface area contributed by atoms with Gasteiger partial charge in [-0.2, -0.15) is 4.39 Å². The molecule has 0 atom stereocenters. The normalized spacial score (nSPS) is 10.6. The maximum absolute atomic E-state index is 13.5. The molecule has 1 aromatic heterocycles. The number of nitro benzene ring substituents is 1. The van der Waals surface area contributed by atoms with E-state index < -0.39 is 16.4 Å². The number of nitrogens with zero attached hydrogens (tertiary/aromatic N) is 3. The number of aromatic nitrogens is 2. The Hall–Kier alpha value is -2.28. The second-order valence-corrected chi connectivity index (χ2v) is 4.48. The average molecular weight is 298 g/mol. The summed E-state index contributed by atoms with van der Waals surface area (Å²) in [6, 6.07) is 4.63. The number of hydrogen-bond donors (Lipinski definition) is 0. The van der Waals surface area contributed by atoms with Gasteiger partial charge >= 0.3 is 5.69 Å². The van der Waals surface area contributed by atoms with Crippen LogP contribution in [-0.4, -0.2) is 14.5 Å². The van der Waals surface area contributed by atoms with Crippen LogP contribution < -0.4 is 5.56 Å². The Morgan fingerprint density at radius 2 is 2.15 bits per heavy atom. The molecule has 1 aromatic carbocycles. The predicted molar refractivity (Wildman–Crippen MR) is 70.4 cm³/mol. The highest BCUT2D eigenvalue weighted by atomic mass is 35.5. The van der Waals surface area contributed by atoms with E-state index in [1.54, 1.807) is 6.92 Å². The second kappa shape index (κ2) is 5.38. The van der Waals surface area contributed by atoms with E-state index >= 15 is 0 Å². The van der Waals surface area contributed by atoms with Gasteiger partial charge in [0.25, 0.3) is 5.56 Å². The van der Waals surface area contributed by atoms with E-state index in [1.807, 2.05) is 0 Å². The van der Waals surface area contributed by atoms with E-state index in [0.717, 1.165) is 18.2 Å². The van der Waals surface area contributed by atoms with Crippen molar-refractivity contribution < 1.29 is 9.31 Å². The minimum Gasteiger partial charge on any atom is -0.292 e. The van der Waals surface area contributed by atoms with Crippen molar-refractivity contribution >= 4 is 17.3 Å². The molecule has 8 heteroatoms. The van der Waals surface area contributed by atoms with Crippen LogP contribution in [0.3, 0.4) is 0 Å². The van der Waals surface area contributed by atoms with Crippen molar-refractivity contribution in [1.82, 2.24) is 9.55 Å². The largest absolute Gasteiger partial charge is 0.304 e. The van der Waals surface area contributed by atoms with Gasteiger partial charge in [0, 0.05) is 12.1 Å². The van der Waals surface area contributed by atoms with Crippen LogP contribution >= 0.6 is 11.6 Å². The SMILES string of the molecule is Cc1nc(Cl)cc(=O)n1Cc1ccc([N+](=O)[O-])c(F)c1. The molecule has 0 fully saturated rings. The number of nitro groups is 1. The third kappa shape index (κ3) is 2.83. The molecule has 0 saturated heterocycles. The molecule has 0 spiro atoms. The van der Waals surface area contributed by atoms with Gasteiger partial charge in [-0.25, -0.2) is 4.98 Å². The minimum absolute atomic E-state index is 0.0593. The van der Waals surface area contributed by atoms with Gasteiger partial charge in [-0.15, -0.1) is 0 Å². The molecular weight excluding hydrogens is 289 g/mol. The summed E-state index contributed by atoms with van der Waals surface area (Å²) in [5, 5.41) is 10.6. The van der Waals surface area contributed by atoms with Gasteiger partial charge in [-0.05, 0) is 18.6 Å². The molecule has 0 radical (unpaired) electrons. The molecule has 0 aliphatic carbocycles. The van der Waals surface area contributed by atoms with Crippen molar-refractivity contribution in [2.75, 3.05) is 0 Å². The molecule has 0 unspecified atom stereocenters. The fourth-order valence-electron chi connectivity index (χ4n) is 1.76. The van der Waals surface area contributed by atoms with Crippen molar-refractivity contribution in [2.24, 2.45) is 0 Å². The number of aryl methyl sites for hydroxylation is 1. The van der Waals surface area contributed by atoms with E-state index in [2.05, 4.69) is 4.98 Å². The van der Waals surface area contributed by atoms with Crippen LogP contribution in [0.5, 0.6) is 0 Å². The molecule has 0 amide bonds. The maximum atomic E-state index is 13.5. The monoisotopic (exact) mass is 297 g/mol. The Morgan fingerprint density at radius 1 is 1.45 bits per heavy atom. The molecule has 2 rings (SSSR count). The van der Waals surface area contributed by atoms with Crippen molar-refractivity contribution in [3.8, 4) is 0 Å². The fraction of sp³-hybridized carbons (Fsp3) is 0.167. The first-order valence-corrected chi connectivity index (χ1v) is 5.93. The lowest BCUT2D eigenvalue weighted by Gasteiger charge is -2.09. The van der Waals surface area contributed by atoms with Crippen molar-refractivity contribution in [3.63, 3.8) is 0 Å². The molecule has 0 aliphatic heterocycles. The molecule has 0 N–H and O–H groups in total. The van der Waals surface area contributed by atoms with E-state index in [-0.39, 0.29) is 17.3 Å². The molecule has 6 nitrogen and oxygen atoms in total. The van der Waals surface area contributed by atoms with Gasteiger partial charge in [-0.3, -0.25) is 19.5 Å². The maximum Gasteiger partial charge on any atom is 0.304 e. The van der Waals surface area contributed by atoms with Gasteiger partial charge in [-0.1, -0.05) is 17.7 Å². The van der Waals surface area contributed by atoms with Crippen LogP contribution in [0.1, 0.15) is 11.4 Å². The van der Waals surface area contributed by atoms with Crippen LogP contribution in [0.25, 0.3) is 0 Å². The van der Waals surface area contributed by atoms with Crippen LogP contribution in [0.15, 0.2) is 29.1 Å². The van der Waals surface area contributed by atoms with Crippen LogP contribution in [0, 0.1) is 22.9 Å². The smallest absolute Gasteiger partial charge is 0.292 e. The standard InChI is InChI=1S/C12H9ClFN3O3/c1-7-15-11(13)5-12(18)16(7)6-8-2-3-10(17(19)20)9(14)4-8/h2-5H,6H2,1H3. The number of halogens is 2. The zero-order chi connectivity index (χ0) is 14.9. The molecule has 1 heterocycles. The Kier molecular flexibility index (Phi) is 3.80. The summed E-state index contributed by atoms with van der Waals surface area (Å²) in [5.41, 5.74) is -0.560.